The van der Waals surface area contributed by atoms with Crippen LogP contribution in [0, 0.1) is 5.92 Å². The Morgan fingerprint density at radius 2 is 1.56 bits per heavy atom. The molecule has 0 amide bonds. The third kappa shape index (κ3) is 15.6. The van der Waals surface area contributed by atoms with Gasteiger partial charge in [-0.25, -0.2) is 5.48 Å². The van der Waals surface area contributed by atoms with Crippen molar-refractivity contribution in [2.75, 3.05) is 46.2 Å². The molecule has 6 nitrogen and oxygen atoms in total. The largest absolute Gasteiger partial charge is 0.501 e. The van der Waals surface area contributed by atoms with Crippen LogP contribution in [0.5, 0.6) is 0 Å². The fourth-order valence-corrected chi connectivity index (χ4v) is 4.10. The molecule has 1 heterocycles. The molecular weight excluding hydrogens is 362 g/mol. The second kappa shape index (κ2) is 19.3. The van der Waals surface area contributed by atoms with E-state index in [1.54, 1.807) is 0 Å². The van der Waals surface area contributed by atoms with Crippen molar-refractivity contribution >= 4 is 9.53 Å². The van der Waals surface area contributed by atoms with E-state index in [4.69, 9.17) is 22.9 Å². The first kappa shape index (κ1) is 25.0. The fourth-order valence-electron chi connectivity index (χ4n) is 3.01. The molecule has 0 saturated carbocycles. The predicted molar refractivity (Wildman–Crippen MR) is 111 cm³/mol. The van der Waals surface area contributed by atoms with Crippen molar-refractivity contribution in [3.63, 3.8) is 0 Å². The fraction of sp³-hybridized carbons (Fsp3) is 1.00. The number of hydrogen-bond donors (Lipinski definition) is 1. The van der Waals surface area contributed by atoms with Gasteiger partial charge in [0, 0.05) is 19.8 Å². The van der Waals surface area contributed by atoms with Crippen LogP contribution in [-0.2, 0) is 22.9 Å². The van der Waals surface area contributed by atoms with Crippen molar-refractivity contribution in [1.82, 2.24) is 5.48 Å². The second-order valence-electron chi connectivity index (χ2n) is 7.29. The highest BCUT2D eigenvalue weighted by molar-refractivity contribution is 6.36. The van der Waals surface area contributed by atoms with Gasteiger partial charge >= 0.3 is 9.53 Å². The molecule has 2 unspecified atom stereocenters. The summed E-state index contributed by atoms with van der Waals surface area (Å²) in [5.41, 5.74) is 3.08. The van der Waals surface area contributed by atoms with E-state index in [-0.39, 0.29) is 0 Å². The van der Waals surface area contributed by atoms with Gasteiger partial charge in [0.1, 0.15) is 0 Å². The van der Waals surface area contributed by atoms with Crippen molar-refractivity contribution in [3.05, 3.63) is 0 Å². The maximum atomic E-state index is 5.80. The summed E-state index contributed by atoms with van der Waals surface area (Å²) in [6.07, 6.45) is 12.7. The smallest absolute Gasteiger partial charge is 0.379 e. The Hall–Kier alpha value is -0.0231. The summed E-state index contributed by atoms with van der Waals surface area (Å²) < 4.78 is 28.1. The second-order valence-corrected chi connectivity index (χ2v) is 8.77. The van der Waals surface area contributed by atoms with Crippen LogP contribution >= 0.6 is 0 Å². The molecule has 0 aromatic rings. The van der Waals surface area contributed by atoms with Crippen LogP contribution in [0.25, 0.3) is 0 Å². The SMILES string of the molecule is CCCCCCCCC1CCO[SiH](OCCOCCOCCCC)ONC1. The van der Waals surface area contributed by atoms with Crippen LogP contribution in [0.3, 0.4) is 0 Å². The lowest BCUT2D eigenvalue weighted by atomic mass is 9.97. The quantitative estimate of drug-likeness (QED) is 0.293. The predicted octanol–water partition coefficient (Wildman–Crippen LogP) is 3.86. The van der Waals surface area contributed by atoms with Crippen molar-refractivity contribution in [2.45, 2.75) is 78.1 Å². The summed E-state index contributed by atoms with van der Waals surface area (Å²) in [6.45, 7) is 9.20. The van der Waals surface area contributed by atoms with Gasteiger partial charge in [-0.15, -0.1) is 0 Å². The summed E-state index contributed by atoms with van der Waals surface area (Å²) in [5.74, 6) is 0.641. The molecular formula is C20H43NO5Si. The van der Waals surface area contributed by atoms with Gasteiger partial charge in [-0.1, -0.05) is 58.8 Å². The van der Waals surface area contributed by atoms with Gasteiger partial charge < -0.3 is 18.3 Å². The molecule has 0 spiro atoms. The molecule has 0 aromatic heterocycles. The Morgan fingerprint density at radius 1 is 0.852 bits per heavy atom. The zero-order chi connectivity index (χ0) is 19.4. The van der Waals surface area contributed by atoms with E-state index in [0.717, 1.165) is 39.0 Å². The Labute approximate surface area is 168 Å². The number of hydroxylamine groups is 1. The van der Waals surface area contributed by atoms with Crippen LogP contribution in [0.2, 0.25) is 0 Å². The molecule has 1 fully saturated rings. The van der Waals surface area contributed by atoms with Crippen molar-refractivity contribution in [3.8, 4) is 0 Å². The van der Waals surface area contributed by atoms with Crippen LogP contribution in [0.1, 0.15) is 78.1 Å². The normalized spacial score (nSPS) is 21.1. The molecule has 0 radical (unpaired) electrons. The molecule has 1 saturated heterocycles. The van der Waals surface area contributed by atoms with Gasteiger partial charge in [-0.05, 0) is 25.2 Å². The Morgan fingerprint density at radius 3 is 2.37 bits per heavy atom. The van der Waals surface area contributed by atoms with Gasteiger partial charge in [-0.2, -0.15) is 0 Å². The standard InChI is InChI=1S/C20H43NO5Si/c1-3-5-7-8-9-10-11-20-12-14-24-27(26-21-19-20)25-18-17-23-16-15-22-13-6-4-2/h20-21,27H,3-19H2,1-2H3. The average molecular weight is 406 g/mol. The van der Waals surface area contributed by atoms with E-state index >= 15 is 0 Å². The minimum absolute atomic E-state index is 0.509. The zero-order valence-corrected chi connectivity index (χ0v) is 18.9. The molecule has 1 aliphatic rings. The average Bonchev–Trinajstić information content (AvgIpc) is 2.65. The van der Waals surface area contributed by atoms with Crippen LogP contribution in [0.4, 0.5) is 0 Å². The monoisotopic (exact) mass is 405 g/mol. The van der Waals surface area contributed by atoms with Gasteiger partial charge in [0.2, 0.25) is 0 Å². The third-order valence-electron chi connectivity index (χ3n) is 4.79. The number of hydrogen-bond acceptors (Lipinski definition) is 6. The van der Waals surface area contributed by atoms with E-state index in [1.165, 1.54) is 44.9 Å². The molecule has 1 aliphatic heterocycles. The number of ether oxygens (including phenoxy) is 2. The summed E-state index contributed by atoms with van der Waals surface area (Å²) in [7, 11) is -2.07. The third-order valence-corrected chi connectivity index (χ3v) is 6.17. The molecule has 7 heteroatoms. The Balaban J connectivity index is 1.93. The first-order valence-corrected chi connectivity index (χ1v) is 12.6. The Kier molecular flexibility index (Phi) is 17.9. The maximum Gasteiger partial charge on any atom is 0.501 e. The van der Waals surface area contributed by atoms with Crippen molar-refractivity contribution < 1.29 is 22.9 Å². The molecule has 0 aromatic carbocycles. The summed E-state index contributed by atoms with van der Waals surface area (Å²) in [4.78, 5) is 0. The minimum Gasteiger partial charge on any atom is -0.379 e. The summed E-state index contributed by atoms with van der Waals surface area (Å²) in [5, 5.41) is 0. The zero-order valence-electron chi connectivity index (χ0n) is 17.7. The molecule has 1 rings (SSSR count). The summed E-state index contributed by atoms with van der Waals surface area (Å²) >= 11 is 0. The minimum atomic E-state index is -2.07. The molecule has 1 N–H and O–H groups in total. The topological polar surface area (TPSA) is 58.2 Å². The highest BCUT2D eigenvalue weighted by Crippen LogP contribution is 2.16. The number of unbranched alkanes of at least 4 members (excludes halogenated alkanes) is 6. The van der Waals surface area contributed by atoms with E-state index in [2.05, 4.69) is 19.3 Å². The highest BCUT2D eigenvalue weighted by atomic mass is 28.3. The van der Waals surface area contributed by atoms with E-state index < -0.39 is 9.53 Å². The Bertz CT molecular complexity index is 302. The van der Waals surface area contributed by atoms with Gasteiger partial charge in [-0.3, -0.25) is 4.53 Å². The van der Waals surface area contributed by atoms with E-state index in [0.29, 0.717) is 32.3 Å². The van der Waals surface area contributed by atoms with E-state index in [1.807, 2.05) is 0 Å². The van der Waals surface area contributed by atoms with Crippen molar-refractivity contribution in [1.29, 1.82) is 0 Å². The summed E-state index contributed by atoms with van der Waals surface area (Å²) in [6, 6.07) is 0. The lowest BCUT2D eigenvalue weighted by Gasteiger charge is -2.24. The highest BCUT2D eigenvalue weighted by Gasteiger charge is 2.21. The molecule has 0 aliphatic carbocycles. The molecule has 27 heavy (non-hydrogen) atoms. The van der Waals surface area contributed by atoms with Gasteiger partial charge in [0.05, 0.1) is 26.4 Å². The number of nitrogens with one attached hydrogen (secondary N) is 1. The molecule has 2 atom stereocenters. The van der Waals surface area contributed by atoms with Gasteiger partial charge in [0.25, 0.3) is 0 Å². The lowest BCUT2D eigenvalue weighted by molar-refractivity contribution is -0.000903. The number of rotatable bonds is 17. The van der Waals surface area contributed by atoms with Gasteiger partial charge in [0.15, 0.2) is 0 Å². The lowest BCUT2D eigenvalue weighted by Crippen LogP contribution is -2.39. The van der Waals surface area contributed by atoms with E-state index in [9.17, 15) is 0 Å². The van der Waals surface area contributed by atoms with Crippen LogP contribution in [-0.4, -0.2) is 55.7 Å². The first-order valence-electron chi connectivity index (χ1n) is 11.1. The van der Waals surface area contributed by atoms with Crippen molar-refractivity contribution in [2.24, 2.45) is 5.92 Å². The molecule has 0 bridgehead atoms. The van der Waals surface area contributed by atoms with Crippen LogP contribution in [0.15, 0.2) is 0 Å². The first-order chi connectivity index (χ1) is 13.4. The maximum absolute atomic E-state index is 5.80. The molecule has 162 valence electrons. The van der Waals surface area contributed by atoms with Crippen LogP contribution < -0.4 is 5.48 Å².